The molecule has 0 amide bonds. The Balaban J connectivity index is -0.000000271. The first kappa shape index (κ1) is 59.2. The van der Waals surface area contributed by atoms with Crippen molar-refractivity contribution >= 4 is 44.2 Å². The van der Waals surface area contributed by atoms with E-state index in [4.69, 9.17) is 0 Å². The Kier molecular flexibility index (Phi) is 36.6. The fraction of sp³-hybridized carbons (Fsp3) is 0.556. The van der Waals surface area contributed by atoms with Gasteiger partial charge in [-0.3, -0.25) is 19.9 Å². The van der Waals surface area contributed by atoms with E-state index >= 15 is 0 Å². The summed E-state index contributed by atoms with van der Waals surface area (Å²) in [5.74, 6) is 0. The summed E-state index contributed by atoms with van der Waals surface area (Å²) < 4.78 is 1.15. The van der Waals surface area contributed by atoms with Crippen LogP contribution in [-0.4, -0.2) is 40.1 Å². The third-order valence-corrected chi connectivity index (χ3v) is 4.60. The Morgan fingerprint density at radius 1 is 0.393 bits per heavy atom. The Bertz CT molecular complexity index is 1270. The average molecular weight is 827 g/mol. The van der Waals surface area contributed by atoms with Gasteiger partial charge in [-0.25, -0.2) is 9.97 Å². The molecule has 0 aromatic carbocycles. The lowest BCUT2D eigenvalue weighted by atomic mass is 10.0. The van der Waals surface area contributed by atoms with Crippen LogP contribution in [0.2, 0.25) is 0 Å². The fourth-order valence-electron chi connectivity index (χ4n) is 1.59. The van der Waals surface area contributed by atoms with E-state index in [-0.39, 0.29) is 0 Å². The lowest BCUT2D eigenvalue weighted by Crippen LogP contribution is -1.93. The second-order valence-corrected chi connectivity index (χ2v) is 22.3. The molecule has 316 valence electrons. The summed E-state index contributed by atoms with van der Waals surface area (Å²) >= 11 is 4.75. The van der Waals surface area contributed by atoms with E-state index in [9.17, 15) is 0 Å². The van der Waals surface area contributed by atoms with Crippen molar-refractivity contribution in [3.8, 4) is 0 Å². The lowest BCUT2D eigenvalue weighted by Gasteiger charge is -2.05. The number of pyridine rings is 1. The highest BCUT2D eigenvalue weighted by Gasteiger charge is 1.97. The second-order valence-electron chi connectivity index (χ2n) is 19.9. The van der Waals surface area contributed by atoms with Gasteiger partial charge in [0.15, 0.2) is 0 Å². The molecule has 0 N–H and O–H groups in total. The third kappa shape index (κ3) is 98.2. The molecule has 6 aromatic rings. The lowest BCUT2D eigenvalue weighted by molar-refractivity contribution is 0.469. The SMILES string of the molecule is CC(C)(C)C.CC(C)(C)C.CC(C)(C)C.CC(C)(C)C.CC(C)(C)C.c1ccncc1.c1cnccn1.c1cscn1.c1ncc2sccc2n1.c1nncs1. The summed E-state index contributed by atoms with van der Waals surface area (Å²) in [6.45, 7) is 43.8. The van der Waals surface area contributed by atoms with Crippen LogP contribution in [0, 0.1) is 27.1 Å². The van der Waals surface area contributed by atoms with Gasteiger partial charge in [0.1, 0.15) is 17.3 Å². The molecule has 11 heteroatoms. The summed E-state index contributed by atoms with van der Waals surface area (Å²) in [5.41, 5.74) is 8.69. The predicted molar refractivity (Wildman–Crippen MR) is 251 cm³/mol. The Hall–Kier alpha value is -3.54. The topological polar surface area (TPSA) is 103 Å². The first-order chi connectivity index (χ1) is 25.5. The molecule has 0 bridgehead atoms. The summed E-state index contributed by atoms with van der Waals surface area (Å²) in [7, 11) is 0. The Labute approximate surface area is 355 Å². The Morgan fingerprint density at radius 2 is 0.786 bits per heavy atom. The molecule has 56 heavy (non-hydrogen) atoms. The molecule has 0 aliphatic carbocycles. The van der Waals surface area contributed by atoms with E-state index in [1.165, 1.54) is 11.3 Å². The molecule has 0 saturated heterocycles. The minimum absolute atomic E-state index is 0.500. The normalized spacial score (nSPS) is 10.1. The van der Waals surface area contributed by atoms with Gasteiger partial charge in [0.2, 0.25) is 0 Å². The van der Waals surface area contributed by atoms with Crippen molar-refractivity contribution in [1.82, 2.24) is 40.1 Å². The smallest absolute Gasteiger partial charge is 0.116 e. The summed E-state index contributed by atoms with van der Waals surface area (Å²) in [4.78, 5) is 22.9. The van der Waals surface area contributed by atoms with Gasteiger partial charge in [0.05, 0.1) is 15.7 Å². The van der Waals surface area contributed by atoms with Crippen LogP contribution in [0.25, 0.3) is 10.2 Å². The van der Waals surface area contributed by atoms with Crippen LogP contribution in [0.3, 0.4) is 0 Å². The van der Waals surface area contributed by atoms with Crippen molar-refractivity contribution in [2.24, 2.45) is 27.1 Å². The maximum Gasteiger partial charge on any atom is 0.116 e. The first-order valence-electron chi connectivity index (χ1n) is 18.7. The minimum Gasteiger partial charge on any atom is -0.265 e. The largest absolute Gasteiger partial charge is 0.265 e. The van der Waals surface area contributed by atoms with Gasteiger partial charge in [0.25, 0.3) is 0 Å². The quantitative estimate of drug-likeness (QED) is 0.149. The number of hydrogen-bond donors (Lipinski definition) is 0. The molecule has 6 rings (SSSR count). The van der Waals surface area contributed by atoms with Crippen LogP contribution >= 0.6 is 34.0 Å². The van der Waals surface area contributed by atoms with E-state index in [1.807, 2.05) is 41.2 Å². The zero-order valence-electron chi connectivity index (χ0n) is 38.7. The molecular weight excluding hydrogens is 749 g/mol. The maximum absolute atomic E-state index is 4.04. The zero-order valence-corrected chi connectivity index (χ0v) is 41.1. The van der Waals surface area contributed by atoms with E-state index in [0.717, 1.165) is 10.2 Å². The van der Waals surface area contributed by atoms with E-state index in [0.29, 0.717) is 27.1 Å². The molecule has 0 aliphatic heterocycles. The maximum atomic E-state index is 4.04. The van der Waals surface area contributed by atoms with Crippen molar-refractivity contribution in [3.63, 3.8) is 0 Å². The summed E-state index contributed by atoms with van der Waals surface area (Å²) in [6.07, 6.45) is 15.2. The molecule has 0 atom stereocenters. The van der Waals surface area contributed by atoms with Crippen LogP contribution in [-0.2, 0) is 0 Å². The van der Waals surface area contributed by atoms with Crippen molar-refractivity contribution in [2.45, 2.75) is 138 Å². The Morgan fingerprint density at radius 3 is 1.00 bits per heavy atom. The van der Waals surface area contributed by atoms with E-state index < -0.39 is 0 Å². The second kappa shape index (κ2) is 34.7. The first-order valence-corrected chi connectivity index (χ1v) is 21.4. The van der Waals surface area contributed by atoms with Gasteiger partial charge in [0, 0.05) is 55.0 Å². The highest BCUT2D eigenvalue weighted by molar-refractivity contribution is 7.17. The molecule has 0 saturated carbocycles. The van der Waals surface area contributed by atoms with Crippen LogP contribution in [0.4, 0.5) is 0 Å². The molecule has 6 aromatic heterocycles. The summed E-state index contributed by atoms with van der Waals surface area (Å²) in [5, 5.41) is 10.9. The van der Waals surface area contributed by atoms with E-state index in [2.05, 4.69) is 179 Å². The third-order valence-electron chi connectivity index (χ3n) is 2.80. The molecule has 0 radical (unpaired) electrons. The van der Waals surface area contributed by atoms with Crippen LogP contribution in [0.15, 0.2) is 107 Å². The zero-order chi connectivity index (χ0) is 44.2. The number of hydrogen-bond acceptors (Lipinski definition) is 11. The fourth-order valence-corrected chi connectivity index (χ4v) is 2.92. The molecular formula is C45H78N8S3. The number of thiazole rings is 1. The molecule has 0 aliphatic rings. The minimum atomic E-state index is 0.500. The van der Waals surface area contributed by atoms with Crippen molar-refractivity contribution < 1.29 is 0 Å². The van der Waals surface area contributed by atoms with Crippen molar-refractivity contribution in [2.75, 3.05) is 0 Å². The van der Waals surface area contributed by atoms with Gasteiger partial charge >= 0.3 is 0 Å². The molecule has 0 fully saturated rings. The van der Waals surface area contributed by atoms with Crippen molar-refractivity contribution in [1.29, 1.82) is 0 Å². The van der Waals surface area contributed by atoms with Gasteiger partial charge in [-0.2, -0.15) is 0 Å². The molecule has 8 nitrogen and oxygen atoms in total. The standard InChI is InChI=1S/C6H4N2S.C5H5N.5C5H12.C4H4N2.C3H3NS.C2H2N2S/c1-2-9-6-3-7-4-8-5(1)6;1-2-4-6-5-3-1;5*1-5(2,3)4;1-2-6-4-3-5-1;1-2-5-3-4-1;1-3-4-2-5-1/h1-4H;1-5H;5*1-4H3;1-4H;1-3H;1-2H. The number of fused-ring (bicyclic) bond motifs is 1. The highest BCUT2D eigenvalue weighted by Crippen LogP contribution is 2.15. The number of aromatic nitrogens is 8. The number of thiophene rings is 1. The number of nitrogens with zero attached hydrogens (tertiary/aromatic N) is 8. The van der Waals surface area contributed by atoms with Gasteiger partial charge in [-0.15, -0.1) is 44.2 Å². The monoisotopic (exact) mass is 827 g/mol. The van der Waals surface area contributed by atoms with Gasteiger partial charge in [-0.05, 0) is 50.7 Å². The predicted octanol–water partition coefficient (Wildman–Crippen LogP) is 15.2. The van der Waals surface area contributed by atoms with E-state index in [1.54, 1.807) is 88.9 Å². The van der Waals surface area contributed by atoms with Crippen LogP contribution in [0.5, 0.6) is 0 Å². The molecule has 6 heterocycles. The average Bonchev–Trinajstić information content (AvgIpc) is 3.86. The molecule has 0 spiro atoms. The van der Waals surface area contributed by atoms with Crippen LogP contribution < -0.4 is 0 Å². The van der Waals surface area contributed by atoms with Crippen LogP contribution in [0.1, 0.15) is 138 Å². The van der Waals surface area contributed by atoms with Crippen molar-refractivity contribution in [3.05, 3.63) is 107 Å². The van der Waals surface area contributed by atoms with Gasteiger partial charge in [-0.1, -0.05) is 145 Å². The highest BCUT2D eigenvalue weighted by atomic mass is 32.1. The van der Waals surface area contributed by atoms with Gasteiger partial charge < -0.3 is 0 Å². The summed E-state index contributed by atoms with van der Waals surface area (Å²) in [6, 6.07) is 7.70. The number of rotatable bonds is 0. The molecule has 0 unspecified atom stereocenters.